The zero-order valence-corrected chi connectivity index (χ0v) is 17.7. The molecule has 2 heterocycles. The Kier molecular flexibility index (Phi) is 5.58. The number of carbonyl (C=O) groups excluding carboxylic acids is 2. The van der Waals surface area contributed by atoms with Crippen LogP contribution in [0.4, 0.5) is 0 Å². The van der Waals surface area contributed by atoms with Gasteiger partial charge in [0.2, 0.25) is 5.91 Å². The first-order valence-corrected chi connectivity index (χ1v) is 10.1. The summed E-state index contributed by atoms with van der Waals surface area (Å²) in [7, 11) is 0. The fourth-order valence-corrected chi connectivity index (χ4v) is 3.61. The molecule has 0 aliphatic heterocycles. The van der Waals surface area contributed by atoms with E-state index < -0.39 is 5.91 Å². The normalized spacial score (nSPS) is 11.1. The Bertz CT molecular complexity index is 1240. The molecule has 0 aliphatic carbocycles. The first kappa shape index (κ1) is 20.4. The standard InChI is InChI=1S/C24H24N4O3/c1-14(2)18-11-19-17(13-31-22(19)9-15(18)3)10-23(29)27-28-24(30)21-12-20(25-26-21)16-7-5-4-6-8-16/h4-9,11-14H,10H2,1-3H3,(H,25,26)(H,27,29)(H,28,30). The van der Waals surface area contributed by atoms with E-state index in [9.17, 15) is 9.59 Å². The maximum absolute atomic E-state index is 12.4. The Morgan fingerprint density at radius 3 is 2.61 bits per heavy atom. The van der Waals surface area contributed by atoms with E-state index in [-0.39, 0.29) is 18.0 Å². The second-order valence-electron chi connectivity index (χ2n) is 7.83. The molecule has 0 fully saturated rings. The summed E-state index contributed by atoms with van der Waals surface area (Å²) in [5.74, 6) is -0.446. The molecule has 0 saturated carbocycles. The average molecular weight is 416 g/mol. The number of nitrogens with zero attached hydrogens (tertiary/aromatic N) is 1. The molecule has 0 radical (unpaired) electrons. The minimum absolute atomic E-state index is 0.0894. The van der Waals surface area contributed by atoms with E-state index in [4.69, 9.17) is 4.42 Å². The van der Waals surface area contributed by atoms with Crippen molar-refractivity contribution in [2.24, 2.45) is 0 Å². The van der Waals surface area contributed by atoms with E-state index in [1.165, 1.54) is 5.56 Å². The van der Waals surface area contributed by atoms with Crippen LogP contribution in [0.2, 0.25) is 0 Å². The number of hydrazine groups is 1. The molecule has 0 unspecified atom stereocenters. The van der Waals surface area contributed by atoms with Crippen LogP contribution < -0.4 is 10.9 Å². The number of fused-ring (bicyclic) bond motifs is 1. The van der Waals surface area contributed by atoms with Gasteiger partial charge in [0.15, 0.2) is 0 Å². The van der Waals surface area contributed by atoms with Crippen molar-refractivity contribution >= 4 is 22.8 Å². The molecular formula is C24H24N4O3. The summed E-state index contributed by atoms with van der Waals surface area (Å²) in [6.45, 7) is 6.32. The number of aromatic amines is 1. The summed E-state index contributed by atoms with van der Waals surface area (Å²) in [5.41, 5.74) is 10.6. The lowest BCUT2D eigenvalue weighted by Crippen LogP contribution is -2.42. The van der Waals surface area contributed by atoms with Gasteiger partial charge in [-0.25, -0.2) is 0 Å². The lowest BCUT2D eigenvalue weighted by atomic mass is 9.95. The van der Waals surface area contributed by atoms with Gasteiger partial charge in [0.05, 0.1) is 18.4 Å². The molecule has 0 atom stereocenters. The highest BCUT2D eigenvalue weighted by Crippen LogP contribution is 2.29. The number of rotatable bonds is 5. The Morgan fingerprint density at radius 2 is 1.87 bits per heavy atom. The highest BCUT2D eigenvalue weighted by atomic mass is 16.3. The van der Waals surface area contributed by atoms with Crippen LogP contribution in [0.1, 0.15) is 46.9 Å². The summed E-state index contributed by atoms with van der Waals surface area (Å²) in [6.07, 6.45) is 1.68. The predicted octanol–water partition coefficient (Wildman–Crippen LogP) is 4.26. The number of H-pyrrole nitrogens is 1. The first-order valence-electron chi connectivity index (χ1n) is 10.1. The van der Waals surface area contributed by atoms with Crippen molar-refractivity contribution in [3.05, 3.63) is 77.2 Å². The predicted molar refractivity (Wildman–Crippen MR) is 118 cm³/mol. The molecule has 0 saturated heterocycles. The fraction of sp³-hybridized carbons (Fsp3) is 0.208. The topological polar surface area (TPSA) is 100 Å². The summed E-state index contributed by atoms with van der Waals surface area (Å²) in [5, 5.41) is 7.75. The third-order valence-corrected chi connectivity index (χ3v) is 5.22. The van der Waals surface area contributed by atoms with Crippen LogP contribution >= 0.6 is 0 Å². The van der Waals surface area contributed by atoms with Gasteiger partial charge in [0.1, 0.15) is 11.3 Å². The van der Waals surface area contributed by atoms with Crippen molar-refractivity contribution in [2.75, 3.05) is 0 Å². The van der Waals surface area contributed by atoms with Gasteiger partial charge in [-0.3, -0.25) is 25.5 Å². The van der Waals surface area contributed by atoms with Crippen LogP contribution in [0.15, 0.2) is 59.2 Å². The van der Waals surface area contributed by atoms with Crippen molar-refractivity contribution in [1.29, 1.82) is 0 Å². The van der Waals surface area contributed by atoms with E-state index in [2.05, 4.69) is 47.9 Å². The lowest BCUT2D eigenvalue weighted by Gasteiger charge is -2.10. The van der Waals surface area contributed by atoms with Crippen molar-refractivity contribution in [1.82, 2.24) is 21.0 Å². The summed E-state index contributed by atoms with van der Waals surface area (Å²) in [6, 6.07) is 15.2. The van der Waals surface area contributed by atoms with Gasteiger partial charge in [0.25, 0.3) is 5.91 Å². The molecule has 31 heavy (non-hydrogen) atoms. The number of hydrogen-bond donors (Lipinski definition) is 3. The minimum Gasteiger partial charge on any atom is -0.464 e. The van der Waals surface area contributed by atoms with Crippen LogP contribution in [-0.2, 0) is 11.2 Å². The molecule has 4 rings (SSSR count). The Balaban J connectivity index is 1.40. The van der Waals surface area contributed by atoms with E-state index >= 15 is 0 Å². The van der Waals surface area contributed by atoms with Gasteiger partial charge >= 0.3 is 0 Å². The van der Waals surface area contributed by atoms with Gasteiger partial charge in [-0.2, -0.15) is 5.10 Å². The minimum atomic E-state index is -0.474. The van der Waals surface area contributed by atoms with E-state index in [0.717, 1.165) is 27.7 Å². The Labute approximate surface area is 179 Å². The molecule has 0 aliphatic rings. The molecule has 4 aromatic rings. The van der Waals surface area contributed by atoms with E-state index in [0.29, 0.717) is 11.6 Å². The maximum Gasteiger partial charge on any atom is 0.287 e. The monoisotopic (exact) mass is 416 g/mol. The van der Waals surface area contributed by atoms with Crippen LogP contribution in [0, 0.1) is 6.92 Å². The quantitative estimate of drug-likeness (QED) is 0.423. The molecule has 158 valence electrons. The number of nitrogens with one attached hydrogen (secondary N) is 3. The van der Waals surface area contributed by atoms with Crippen LogP contribution in [0.5, 0.6) is 0 Å². The number of aromatic nitrogens is 2. The first-order chi connectivity index (χ1) is 14.9. The van der Waals surface area contributed by atoms with Crippen molar-refractivity contribution in [3.8, 4) is 11.3 Å². The number of aryl methyl sites for hydroxylation is 1. The third-order valence-electron chi connectivity index (χ3n) is 5.22. The van der Waals surface area contributed by atoms with Gasteiger partial charge in [-0.15, -0.1) is 0 Å². The van der Waals surface area contributed by atoms with Crippen molar-refractivity contribution in [2.45, 2.75) is 33.1 Å². The highest BCUT2D eigenvalue weighted by Gasteiger charge is 2.16. The van der Waals surface area contributed by atoms with Gasteiger partial charge in [0, 0.05) is 16.5 Å². The highest BCUT2D eigenvalue weighted by molar-refractivity contribution is 5.95. The average Bonchev–Trinajstić information content (AvgIpc) is 3.39. The van der Waals surface area contributed by atoms with Crippen molar-refractivity contribution < 1.29 is 14.0 Å². The maximum atomic E-state index is 12.4. The molecule has 7 heteroatoms. The number of carbonyl (C=O) groups is 2. The molecule has 3 N–H and O–H groups in total. The molecular weight excluding hydrogens is 392 g/mol. The van der Waals surface area contributed by atoms with Crippen molar-refractivity contribution in [3.63, 3.8) is 0 Å². The number of benzene rings is 2. The second kappa shape index (κ2) is 8.47. The SMILES string of the molecule is Cc1cc2occ(CC(=O)NNC(=O)c3cc(-c4ccccc4)n[nH]3)c2cc1C(C)C. The number of furan rings is 1. The van der Waals surface area contributed by atoms with Gasteiger partial charge in [-0.1, -0.05) is 44.2 Å². The zero-order valence-electron chi connectivity index (χ0n) is 17.7. The summed E-state index contributed by atoms with van der Waals surface area (Å²) >= 11 is 0. The molecule has 2 aromatic heterocycles. The van der Waals surface area contributed by atoms with E-state index in [1.54, 1.807) is 12.3 Å². The molecule has 7 nitrogen and oxygen atoms in total. The molecule has 2 aromatic carbocycles. The Hall–Kier alpha value is -3.87. The smallest absolute Gasteiger partial charge is 0.287 e. The summed E-state index contributed by atoms with van der Waals surface area (Å²) < 4.78 is 5.62. The number of hydrogen-bond acceptors (Lipinski definition) is 4. The van der Waals surface area contributed by atoms with Crippen LogP contribution in [0.25, 0.3) is 22.2 Å². The van der Waals surface area contributed by atoms with Gasteiger partial charge in [-0.05, 0) is 42.2 Å². The van der Waals surface area contributed by atoms with Gasteiger partial charge < -0.3 is 4.42 Å². The molecule has 2 amide bonds. The van der Waals surface area contributed by atoms with Crippen LogP contribution in [-0.4, -0.2) is 22.0 Å². The fourth-order valence-electron chi connectivity index (χ4n) is 3.61. The van der Waals surface area contributed by atoms with E-state index in [1.807, 2.05) is 36.4 Å². The lowest BCUT2D eigenvalue weighted by molar-refractivity contribution is -0.121. The summed E-state index contributed by atoms with van der Waals surface area (Å²) in [4.78, 5) is 24.8. The second-order valence-corrected chi connectivity index (χ2v) is 7.83. The number of amides is 2. The molecule has 0 spiro atoms. The Morgan fingerprint density at radius 1 is 1.10 bits per heavy atom. The molecule has 0 bridgehead atoms. The third kappa shape index (κ3) is 4.35. The zero-order chi connectivity index (χ0) is 22.0. The largest absolute Gasteiger partial charge is 0.464 e. The van der Waals surface area contributed by atoms with Crippen LogP contribution in [0.3, 0.4) is 0 Å².